The van der Waals surface area contributed by atoms with Crippen molar-refractivity contribution in [3.05, 3.63) is 59.7 Å². The highest BCUT2D eigenvalue weighted by molar-refractivity contribution is 7.89. The van der Waals surface area contributed by atoms with Crippen molar-refractivity contribution < 1.29 is 17.6 Å². The zero-order valence-corrected chi connectivity index (χ0v) is 16.4. The molecule has 2 fully saturated rings. The minimum absolute atomic E-state index is 0.0362. The van der Waals surface area contributed by atoms with E-state index in [9.17, 15) is 17.6 Å². The van der Waals surface area contributed by atoms with Gasteiger partial charge in [0.2, 0.25) is 15.9 Å². The second kappa shape index (κ2) is 6.93. The minimum atomic E-state index is -3.76. The average Bonchev–Trinajstić information content (AvgIpc) is 3.21. The third kappa shape index (κ3) is 3.42. The van der Waals surface area contributed by atoms with Crippen LogP contribution in [0.2, 0.25) is 0 Å². The second-order valence-electron chi connectivity index (χ2n) is 7.70. The molecular formula is C20H22FN3O3S. The summed E-state index contributed by atoms with van der Waals surface area (Å²) in [5.74, 6) is -0.766. The van der Waals surface area contributed by atoms with Gasteiger partial charge in [0.25, 0.3) is 0 Å². The highest BCUT2D eigenvalue weighted by atomic mass is 32.2. The molecule has 6 nitrogen and oxygen atoms in total. The lowest BCUT2D eigenvalue weighted by Gasteiger charge is -2.17. The van der Waals surface area contributed by atoms with Crippen molar-refractivity contribution in [2.75, 3.05) is 13.1 Å². The fraction of sp³-hybridized carbons (Fsp3) is 0.400. The Morgan fingerprint density at radius 3 is 2.93 bits per heavy atom. The Balaban J connectivity index is 1.40. The quantitative estimate of drug-likeness (QED) is 0.831. The highest BCUT2D eigenvalue weighted by Gasteiger charge is 2.62. The van der Waals surface area contributed by atoms with Crippen LogP contribution < -0.4 is 5.32 Å². The Morgan fingerprint density at radius 2 is 2.21 bits per heavy atom. The number of carbonyl (C=O) groups is 1. The van der Waals surface area contributed by atoms with Crippen LogP contribution in [0.15, 0.2) is 47.6 Å². The second-order valence-corrected chi connectivity index (χ2v) is 9.64. The number of rotatable bonds is 5. The fourth-order valence-electron chi connectivity index (χ4n) is 3.93. The van der Waals surface area contributed by atoms with Crippen LogP contribution in [0.4, 0.5) is 4.39 Å². The van der Waals surface area contributed by atoms with Crippen LogP contribution in [0.1, 0.15) is 24.0 Å². The number of amides is 1. The van der Waals surface area contributed by atoms with Crippen LogP contribution in [0.25, 0.3) is 0 Å². The molecule has 1 aromatic heterocycles. The van der Waals surface area contributed by atoms with Gasteiger partial charge in [0.15, 0.2) is 0 Å². The molecule has 2 heterocycles. The predicted octanol–water partition coefficient (Wildman–Crippen LogP) is 2.25. The summed E-state index contributed by atoms with van der Waals surface area (Å²) in [6.45, 7) is 2.65. The van der Waals surface area contributed by atoms with Gasteiger partial charge in [0, 0.05) is 37.9 Å². The number of aryl methyl sites for hydroxylation is 1. The molecular weight excluding hydrogens is 381 g/mol. The number of aromatic nitrogens is 1. The van der Waals surface area contributed by atoms with Gasteiger partial charge < -0.3 is 5.32 Å². The molecule has 148 valence electrons. The first-order valence-corrected chi connectivity index (χ1v) is 10.7. The molecule has 1 saturated carbocycles. The zero-order chi connectivity index (χ0) is 19.9. The van der Waals surface area contributed by atoms with Gasteiger partial charge in [-0.15, -0.1) is 0 Å². The van der Waals surface area contributed by atoms with E-state index in [1.54, 1.807) is 19.3 Å². The Bertz CT molecular complexity index is 1010. The van der Waals surface area contributed by atoms with Crippen molar-refractivity contribution >= 4 is 15.9 Å². The molecule has 1 amide bonds. The first-order valence-electron chi connectivity index (χ1n) is 9.25. The lowest BCUT2D eigenvalue weighted by Crippen LogP contribution is -2.31. The monoisotopic (exact) mass is 403 g/mol. The van der Waals surface area contributed by atoms with Gasteiger partial charge in [-0.05, 0) is 54.5 Å². The maximum Gasteiger partial charge on any atom is 0.243 e. The summed E-state index contributed by atoms with van der Waals surface area (Å²) in [5, 5.41) is 2.91. The Labute approximate surface area is 163 Å². The summed E-state index contributed by atoms with van der Waals surface area (Å²) in [6, 6.07) is 7.68. The molecule has 2 atom stereocenters. The largest absolute Gasteiger partial charge is 0.352 e. The van der Waals surface area contributed by atoms with E-state index in [2.05, 4.69) is 10.3 Å². The standard InChI is InChI=1S/C20H22FN3O3S/c1-14-4-5-16(9-18(14)21)28(26,27)24-8-6-20(13-24)10-17(20)19(25)23-12-15-3-2-7-22-11-15/h2-5,7,9,11,17H,6,8,10,12-13H2,1H3,(H,23,25)/t17-,20-/m0/s1. The first kappa shape index (κ1) is 19.0. The van der Waals surface area contributed by atoms with E-state index in [0.29, 0.717) is 38.0 Å². The average molecular weight is 403 g/mol. The number of sulfonamides is 1. The van der Waals surface area contributed by atoms with E-state index in [0.717, 1.165) is 11.6 Å². The molecule has 1 aliphatic carbocycles. The zero-order valence-electron chi connectivity index (χ0n) is 15.6. The molecule has 2 aliphatic rings. The van der Waals surface area contributed by atoms with Crippen LogP contribution in [0, 0.1) is 24.1 Å². The van der Waals surface area contributed by atoms with E-state index < -0.39 is 15.8 Å². The normalized spacial score (nSPS) is 24.4. The van der Waals surface area contributed by atoms with Crippen LogP contribution in [-0.2, 0) is 21.4 Å². The lowest BCUT2D eigenvalue weighted by molar-refractivity contribution is -0.123. The van der Waals surface area contributed by atoms with Gasteiger partial charge in [-0.2, -0.15) is 4.31 Å². The summed E-state index contributed by atoms with van der Waals surface area (Å²) in [4.78, 5) is 16.5. The van der Waals surface area contributed by atoms with Gasteiger partial charge in [0.1, 0.15) is 5.82 Å². The van der Waals surface area contributed by atoms with E-state index >= 15 is 0 Å². The molecule has 0 unspecified atom stereocenters. The highest BCUT2D eigenvalue weighted by Crippen LogP contribution is 2.59. The Kier molecular flexibility index (Phi) is 4.71. The summed E-state index contributed by atoms with van der Waals surface area (Å²) >= 11 is 0. The number of benzene rings is 1. The number of carbonyl (C=O) groups excluding carboxylic acids is 1. The number of halogens is 1. The van der Waals surface area contributed by atoms with Crippen molar-refractivity contribution in [1.29, 1.82) is 0 Å². The van der Waals surface area contributed by atoms with Crippen molar-refractivity contribution in [1.82, 2.24) is 14.6 Å². The summed E-state index contributed by atoms with van der Waals surface area (Å²) < 4.78 is 40.9. The molecule has 1 N–H and O–H groups in total. The molecule has 8 heteroatoms. The fourth-order valence-corrected chi connectivity index (χ4v) is 5.48. The van der Waals surface area contributed by atoms with Crippen molar-refractivity contribution in [3.63, 3.8) is 0 Å². The Morgan fingerprint density at radius 1 is 1.39 bits per heavy atom. The molecule has 4 rings (SSSR count). The van der Waals surface area contributed by atoms with Crippen LogP contribution in [-0.4, -0.2) is 36.7 Å². The maximum atomic E-state index is 13.8. The summed E-state index contributed by atoms with van der Waals surface area (Å²) in [5.41, 5.74) is 1.03. The van der Waals surface area contributed by atoms with E-state index in [1.807, 2.05) is 12.1 Å². The van der Waals surface area contributed by atoms with Gasteiger partial charge in [0.05, 0.1) is 4.90 Å². The van der Waals surface area contributed by atoms with E-state index in [1.165, 1.54) is 16.4 Å². The van der Waals surface area contributed by atoms with Crippen LogP contribution in [0.3, 0.4) is 0 Å². The number of hydrogen-bond donors (Lipinski definition) is 1. The van der Waals surface area contributed by atoms with E-state index in [4.69, 9.17) is 0 Å². The molecule has 2 aromatic rings. The summed E-state index contributed by atoms with van der Waals surface area (Å²) in [7, 11) is -3.76. The number of pyridine rings is 1. The van der Waals surface area contributed by atoms with E-state index in [-0.39, 0.29) is 22.1 Å². The number of nitrogens with zero attached hydrogens (tertiary/aromatic N) is 2. The van der Waals surface area contributed by atoms with Gasteiger partial charge in [-0.3, -0.25) is 9.78 Å². The molecule has 0 bridgehead atoms. The topological polar surface area (TPSA) is 79.4 Å². The molecule has 1 aliphatic heterocycles. The van der Waals surface area contributed by atoms with Crippen molar-refractivity contribution in [3.8, 4) is 0 Å². The lowest BCUT2D eigenvalue weighted by atomic mass is 10.0. The maximum absolute atomic E-state index is 13.8. The van der Waals surface area contributed by atoms with Gasteiger partial charge in [-0.25, -0.2) is 12.8 Å². The third-order valence-corrected chi connectivity index (χ3v) is 7.67. The third-order valence-electron chi connectivity index (χ3n) is 5.83. The molecule has 1 saturated heterocycles. The smallest absolute Gasteiger partial charge is 0.243 e. The minimum Gasteiger partial charge on any atom is -0.352 e. The summed E-state index contributed by atoms with van der Waals surface area (Å²) in [6.07, 6.45) is 4.70. The SMILES string of the molecule is Cc1ccc(S(=O)(=O)N2CC[C@]3(C[C@H]3C(=O)NCc3cccnc3)C2)cc1F. The molecule has 1 spiro atoms. The van der Waals surface area contributed by atoms with Crippen LogP contribution in [0.5, 0.6) is 0 Å². The number of nitrogens with one attached hydrogen (secondary N) is 1. The van der Waals surface area contributed by atoms with Crippen LogP contribution >= 0.6 is 0 Å². The Hall–Kier alpha value is -2.32. The molecule has 28 heavy (non-hydrogen) atoms. The number of hydrogen-bond acceptors (Lipinski definition) is 4. The molecule has 0 radical (unpaired) electrons. The predicted molar refractivity (Wildman–Crippen MR) is 101 cm³/mol. The first-order chi connectivity index (χ1) is 13.3. The van der Waals surface area contributed by atoms with Crippen molar-refractivity contribution in [2.45, 2.75) is 31.2 Å². The van der Waals surface area contributed by atoms with Gasteiger partial charge >= 0.3 is 0 Å². The molecule has 1 aromatic carbocycles. The van der Waals surface area contributed by atoms with Crippen molar-refractivity contribution in [2.24, 2.45) is 11.3 Å². The van der Waals surface area contributed by atoms with Gasteiger partial charge in [-0.1, -0.05) is 12.1 Å².